The minimum absolute atomic E-state index is 0.754. The predicted molar refractivity (Wildman–Crippen MR) is 62.4 cm³/mol. The van der Waals surface area contributed by atoms with Crippen molar-refractivity contribution in [3.63, 3.8) is 0 Å². The van der Waals surface area contributed by atoms with E-state index in [1.54, 1.807) is 0 Å². The Morgan fingerprint density at radius 1 is 1.29 bits per heavy atom. The van der Waals surface area contributed by atoms with E-state index >= 15 is 0 Å². The molecule has 80 valence electrons. The molecule has 2 aliphatic rings. The van der Waals surface area contributed by atoms with Crippen molar-refractivity contribution in [2.24, 2.45) is 0 Å². The molecule has 1 unspecified atom stereocenters. The van der Waals surface area contributed by atoms with Crippen molar-refractivity contribution in [2.45, 2.75) is 25.3 Å². The Kier molecular flexibility index (Phi) is 3.23. The molecule has 1 N–H and O–H groups in total. The van der Waals surface area contributed by atoms with Crippen LogP contribution in [0.4, 0.5) is 0 Å². The lowest BCUT2D eigenvalue weighted by Crippen LogP contribution is -2.40. The highest BCUT2D eigenvalue weighted by atomic mass is 32.1. The summed E-state index contributed by atoms with van der Waals surface area (Å²) in [5.41, 5.74) is 0. The van der Waals surface area contributed by atoms with Gasteiger partial charge in [0.2, 0.25) is 0 Å². The van der Waals surface area contributed by atoms with Crippen molar-refractivity contribution in [1.82, 2.24) is 15.1 Å². The molecule has 2 fully saturated rings. The van der Waals surface area contributed by atoms with Crippen molar-refractivity contribution < 1.29 is 0 Å². The summed E-state index contributed by atoms with van der Waals surface area (Å²) in [6.07, 6.45) is 4.04. The average molecular weight is 213 g/mol. The first kappa shape index (κ1) is 10.2. The van der Waals surface area contributed by atoms with Crippen molar-refractivity contribution >= 4 is 17.3 Å². The largest absolute Gasteiger partial charge is 0.366 e. The van der Waals surface area contributed by atoms with Crippen LogP contribution >= 0.6 is 12.2 Å². The van der Waals surface area contributed by atoms with E-state index in [1.165, 1.54) is 32.4 Å². The maximum absolute atomic E-state index is 5.24. The highest BCUT2D eigenvalue weighted by Gasteiger charge is 2.29. The number of nitrogens with one attached hydrogen (secondary N) is 1. The van der Waals surface area contributed by atoms with Crippen LogP contribution in [0.2, 0.25) is 0 Å². The molecule has 0 saturated carbocycles. The standard InChI is InChI=1S/C10H19N3S/c1-11-10(14)13-7-4-9(8-13)12-5-2-3-6-12/h9H,2-8H2,1H3,(H,11,14). The quantitative estimate of drug-likeness (QED) is 0.645. The first-order valence-electron chi connectivity index (χ1n) is 5.52. The zero-order valence-electron chi connectivity index (χ0n) is 8.83. The molecule has 0 spiro atoms. The normalized spacial score (nSPS) is 28.4. The second kappa shape index (κ2) is 4.45. The van der Waals surface area contributed by atoms with E-state index in [1.807, 2.05) is 7.05 Å². The zero-order valence-corrected chi connectivity index (χ0v) is 9.65. The van der Waals surface area contributed by atoms with Crippen LogP contribution in [0.3, 0.4) is 0 Å². The van der Waals surface area contributed by atoms with Gasteiger partial charge in [-0.25, -0.2) is 0 Å². The SMILES string of the molecule is CNC(=S)N1CCC(N2CCCC2)C1. The van der Waals surface area contributed by atoms with Gasteiger partial charge >= 0.3 is 0 Å². The van der Waals surface area contributed by atoms with E-state index in [2.05, 4.69) is 15.1 Å². The van der Waals surface area contributed by atoms with Gasteiger partial charge in [-0.3, -0.25) is 4.90 Å². The first-order chi connectivity index (χ1) is 6.81. The minimum atomic E-state index is 0.754. The van der Waals surface area contributed by atoms with Gasteiger partial charge in [0.05, 0.1) is 0 Å². The topological polar surface area (TPSA) is 18.5 Å². The van der Waals surface area contributed by atoms with Gasteiger partial charge in [-0.1, -0.05) is 0 Å². The number of nitrogens with zero attached hydrogens (tertiary/aromatic N) is 2. The van der Waals surface area contributed by atoms with Gasteiger partial charge in [0, 0.05) is 26.2 Å². The smallest absolute Gasteiger partial charge is 0.168 e. The van der Waals surface area contributed by atoms with Gasteiger partial charge in [-0.05, 0) is 44.6 Å². The van der Waals surface area contributed by atoms with Gasteiger partial charge < -0.3 is 10.2 Å². The van der Waals surface area contributed by atoms with Crippen LogP contribution in [0, 0.1) is 0 Å². The van der Waals surface area contributed by atoms with Gasteiger partial charge in [-0.2, -0.15) is 0 Å². The Labute approximate surface area is 91.4 Å². The minimum Gasteiger partial charge on any atom is -0.366 e. The summed E-state index contributed by atoms with van der Waals surface area (Å²) in [6, 6.07) is 0.754. The molecule has 0 aromatic heterocycles. The van der Waals surface area contributed by atoms with E-state index in [9.17, 15) is 0 Å². The molecular formula is C10H19N3S. The van der Waals surface area contributed by atoms with Crippen molar-refractivity contribution in [3.05, 3.63) is 0 Å². The molecular weight excluding hydrogens is 194 g/mol. The summed E-state index contributed by atoms with van der Waals surface area (Å²) in [5, 5.41) is 3.97. The molecule has 0 aliphatic carbocycles. The molecule has 2 heterocycles. The average Bonchev–Trinajstić information content (AvgIpc) is 2.86. The summed E-state index contributed by atoms with van der Waals surface area (Å²) in [7, 11) is 1.91. The molecule has 1 atom stereocenters. The fraction of sp³-hybridized carbons (Fsp3) is 0.900. The predicted octanol–water partition coefficient (Wildman–Crippen LogP) is 0.661. The molecule has 0 aromatic rings. The van der Waals surface area contributed by atoms with E-state index in [4.69, 9.17) is 12.2 Å². The Morgan fingerprint density at radius 3 is 2.64 bits per heavy atom. The fourth-order valence-corrected chi connectivity index (χ4v) is 2.66. The molecule has 4 heteroatoms. The maximum Gasteiger partial charge on any atom is 0.168 e. The molecule has 2 aliphatic heterocycles. The Hall–Kier alpha value is -0.350. The van der Waals surface area contributed by atoms with E-state index in [0.29, 0.717) is 0 Å². The number of likely N-dealkylation sites (tertiary alicyclic amines) is 2. The van der Waals surface area contributed by atoms with Crippen LogP contribution in [-0.4, -0.2) is 54.2 Å². The summed E-state index contributed by atoms with van der Waals surface area (Å²) in [4.78, 5) is 4.91. The highest BCUT2D eigenvalue weighted by molar-refractivity contribution is 7.80. The fourth-order valence-electron chi connectivity index (χ4n) is 2.49. The van der Waals surface area contributed by atoms with E-state index < -0.39 is 0 Å². The maximum atomic E-state index is 5.24. The zero-order chi connectivity index (χ0) is 9.97. The van der Waals surface area contributed by atoms with Gasteiger partial charge in [-0.15, -0.1) is 0 Å². The van der Waals surface area contributed by atoms with Crippen molar-refractivity contribution in [2.75, 3.05) is 33.2 Å². The van der Waals surface area contributed by atoms with Crippen molar-refractivity contribution in [1.29, 1.82) is 0 Å². The highest BCUT2D eigenvalue weighted by Crippen LogP contribution is 2.20. The van der Waals surface area contributed by atoms with E-state index in [0.717, 1.165) is 24.2 Å². The third-order valence-electron chi connectivity index (χ3n) is 3.32. The molecule has 2 saturated heterocycles. The van der Waals surface area contributed by atoms with Gasteiger partial charge in [0.1, 0.15) is 0 Å². The second-order valence-electron chi connectivity index (χ2n) is 4.19. The lowest BCUT2D eigenvalue weighted by molar-refractivity contribution is 0.250. The molecule has 0 radical (unpaired) electrons. The summed E-state index contributed by atoms with van der Waals surface area (Å²) < 4.78 is 0. The summed E-state index contributed by atoms with van der Waals surface area (Å²) in [6.45, 7) is 4.84. The lowest BCUT2D eigenvalue weighted by Gasteiger charge is -2.24. The molecule has 14 heavy (non-hydrogen) atoms. The van der Waals surface area contributed by atoms with Crippen LogP contribution in [0.15, 0.2) is 0 Å². The summed E-state index contributed by atoms with van der Waals surface area (Å²) >= 11 is 5.24. The number of hydrogen-bond donors (Lipinski definition) is 1. The third kappa shape index (κ3) is 2.01. The summed E-state index contributed by atoms with van der Waals surface area (Å²) in [5.74, 6) is 0. The van der Waals surface area contributed by atoms with Crippen LogP contribution in [0.25, 0.3) is 0 Å². The number of rotatable bonds is 1. The second-order valence-corrected chi connectivity index (χ2v) is 4.57. The molecule has 3 nitrogen and oxygen atoms in total. The monoisotopic (exact) mass is 213 g/mol. The Balaban J connectivity index is 1.84. The third-order valence-corrected chi connectivity index (χ3v) is 3.78. The van der Waals surface area contributed by atoms with Crippen molar-refractivity contribution in [3.8, 4) is 0 Å². The van der Waals surface area contributed by atoms with Gasteiger partial charge in [0.25, 0.3) is 0 Å². The molecule has 0 bridgehead atoms. The molecule has 0 amide bonds. The first-order valence-corrected chi connectivity index (χ1v) is 5.93. The van der Waals surface area contributed by atoms with Gasteiger partial charge in [0.15, 0.2) is 5.11 Å². The molecule has 0 aromatic carbocycles. The van der Waals surface area contributed by atoms with Crippen LogP contribution in [-0.2, 0) is 0 Å². The molecule has 2 rings (SSSR count). The Morgan fingerprint density at radius 2 is 2.00 bits per heavy atom. The van der Waals surface area contributed by atoms with Crippen LogP contribution in [0.5, 0.6) is 0 Å². The lowest BCUT2D eigenvalue weighted by atomic mass is 10.2. The Bertz CT molecular complexity index is 213. The number of thiocarbonyl (C=S) groups is 1. The van der Waals surface area contributed by atoms with Crippen LogP contribution in [0.1, 0.15) is 19.3 Å². The number of hydrogen-bond acceptors (Lipinski definition) is 2. The van der Waals surface area contributed by atoms with Crippen LogP contribution < -0.4 is 5.32 Å². The van der Waals surface area contributed by atoms with E-state index in [-0.39, 0.29) is 0 Å².